The Kier molecular flexibility index (Phi) is 15.3. The van der Waals surface area contributed by atoms with Crippen LogP contribution in [0.4, 0.5) is 0 Å². The first-order chi connectivity index (χ1) is 17.2. The topological polar surface area (TPSA) is 175 Å². The zero-order valence-corrected chi connectivity index (χ0v) is 22.5. The van der Waals surface area contributed by atoms with Gasteiger partial charge in [0.25, 0.3) is 14.1 Å². The van der Waals surface area contributed by atoms with E-state index in [4.69, 9.17) is 32.8 Å². The van der Waals surface area contributed by atoms with Crippen LogP contribution >= 0.6 is 16.1 Å². The monoisotopic (exact) mass is 549 g/mol. The number of ether oxygens (including phenoxy) is 2. The molecule has 0 fully saturated rings. The van der Waals surface area contributed by atoms with Crippen LogP contribution in [0.5, 0.6) is 0 Å². The van der Waals surface area contributed by atoms with Crippen LogP contribution in [0.1, 0.15) is 12.6 Å². The van der Waals surface area contributed by atoms with Gasteiger partial charge >= 0.3 is 13.3 Å². The van der Waals surface area contributed by atoms with E-state index in [0.29, 0.717) is 5.70 Å². The zero-order valence-electron chi connectivity index (χ0n) is 20.7. The molecule has 0 amide bonds. The average Bonchev–Trinajstić information content (AvgIpc) is 2.87. The van der Waals surface area contributed by atoms with E-state index >= 15 is 0 Å². The number of nitrogens with one attached hydrogen (secondary N) is 3. The average molecular weight is 549 g/mol. The third-order valence-corrected chi connectivity index (χ3v) is 7.06. The third-order valence-electron chi connectivity index (χ3n) is 4.34. The molecule has 14 nitrogen and oxygen atoms in total. The molecular weight excluding hydrogens is 516 g/mol. The van der Waals surface area contributed by atoms with E-state index in [2.05, 4.69) is 22.0 Å². The van der Waals surface area contributed by atoms with Crippen LogP contribution in [0.3, 0.4) is 0 Å². The summed E-state index contributed by atoms with van der Waals surface area (Å²) in [7, 11) is 0.659. The van der Waals surface area contributed by atoms with Crippen molar-refractivity contribution in [3.05, 3.63) is 57.3 Å². The molecule has 1 unspecified atom stereocenters. The van der Waals surface area contributed by atoms with E-state index in [1.54, 1.807) is 14.1 Å². The summed E-state index contributed by atoms with van der Waals surface area (Å²) >= 11 is 0. The van der Waals surface area contributed by atoms with E-state index < -0.39 is 39.7 Å². The maximum Gasteiger partial charge on any atom is 0.353 e. The Labute approximate surface area is 210 Å². The third kappa shape index (κ3) is 11.7. The lowest BCUT2D eigenvalue weighted by Gasteiger charge is -2.26. The Morgan fingerprint density at radius 1 is 1.31 bits per heavy atom. The number of aromatic nitrogens is 2. The molecular formula is C20H33N5O9P2. The fraction of sp³-hybridized carbons (Fsp3) is 0.550. The number of aromatic amines is 1. The van der Waals surface area contributed by atoms with Crippen molar-refractivity contribution < 1.29 is 32.1 Å². The summed E-state index contributed by atoms with van der Waals surface area (Å²) in [6.07, 6.45) is 0.928. The summed E-state index contributed by atoms with van der Waals surface area (Å²) in [4.78, 5) is 26.1. The summed E-state index contributed by atoms with van der Waals surface area (Å²) in [5.41, 5.74) is -0.698. The smallest absolute Gasteiger partial charge is 0.353 e. The molecule has 1 aromatic heterocycles. The molecule has 0 spiro atoms. The second-order valence-electron chi connectivity index (χ2n) is 6.78. The maximum absolute atomic E-state index is 12.5. The van der Waals surface area contributed by atoms with Gasteiger partial charge in [-0.05, 0) is 13.1 Å². The Morgan fingerprint density at radius 3 is 2.61 bits per heavy atom. The standard InChI is InChI=1S/C20H33N5O9P2/c1-16(22-2)13-31-15-19(25-10-7-18(26)24-20(25)27)34-17(8-12-36(28,29-4)30-5)14-33-35(23-3)32-11-6-9-21/h7-8,10,12,17,19,22-23H,1,6,11,13-15H2,2-5H3,(H,24,26,27)/b12-8+/t17-,19-,35?/m1/s1. The number of nitrogens with zero attached hydrogens (tertiary/aromatic N) is 2. The highest BCUT2D eigenvalue weighted by Gasteiger charge is 2.23. The lowest BCUT2D eigenvalue weighted by atomic mass is 10.3. The summed E-state index contributed by atoms with van der Waals surface area (Å²) in [5.74, 6) is 1.20. The van der Waals surface area contributed by atoms with Crippen LogP contribution in [-0.4, -0.2) is 70.4 Å². The molecule has 0 radical (unpaired) electrons. The minimum absolute atomic E-state index is 0.108. The summed E-state index contributed by atoms with van der Waals surface area (Å²) in [6.45, 7) is 3.85. The second-order valence-corrected chi connectivity index (χ2v) is 10.4. The molecule has 16 heteroatoms. The minimum atomic E-state index is -3.54. The van der Waals surface area contributed by atoms with Crippen molar-refractivity contribution >= 4 is 16.1 Å². The van der Waals surface area contributed by atoms with E-state index in [-0.39, 0.29) is 32.8 Å². The van der Waals surface area contributed by atoms with Crippen LogP contribution in [0.15, 0.2) is 46.0 Å². The normalized spacial score (nSPS) is 14.3. The van der Waals surface area contributed by atoms with Gasteiger partial charge in [0.05, 0.1) is 38.9 Å². The Balaban J connectivity index is 3.19. The molecule has 202 valence electrons. The molecule has 1 heterocycles. The zero-order chi connectivity index (χ0) is 27.0. The number of hydrogen-bond acceptors (Lipinski definition) is 12. The Morgan fingerprint density at radius 2 is 2.03 bits per heavy atom. The molecule has 0 saturated carbocycles. The molecule has 1 rings (SSSR count). The van der Waals surface area contributed by atoms with Crippen LogP contribution in [0.25, 0.3) is 0 Å². The molecule has 3 atom stereocenters. The van der Waals surface area contributed by atoms with Gasteiger partial charge in [0.2, 0.25) is 0 Å². The highest BCUT2D eigenvalue weighted by molar-refractivity contribution is 7.57. The fourth-order valence-electron chi connectivity index (χ4n) is 2.42. The molecule has 0 aliphatic carbocycles. The molecule has 0 aliphatic rings. The van der Waals surface area contributed by atoms with Crippen LogP contribution in [0.2, 0.25) is 0 Å². The quantitative estimate of drug-likeness (QED) is 0.168. The first-order valence-electron chi connectivity index (χ1n) is 10.6. The molecule has 0 saturated heterocycles. The highest BCUT2D eigenvalue weighted by Crippen LogP contribution is 2.48. The van der Waals surface area contributed by atoms with Crippen LogP contribution in [-0.2, 0) is 32.1 Å². The molecule has 0 aliphatic heterocycles. The molecule has 1 aromatic rings. The molecule has 0 aromatic carbocycles. The predicted octanol–water partition coefficient (Wildman–Crippen LogP) is 1.56. The largest absolute Gasteiger partial charge is 0.390 e. The first kappa shape index (κ1) is 31.9. The second kappa shape index (κ2) is 17.3. The van der Waals surface area contributed by atoms with Crippen molar-refractivity contribution in [3.63, 3.8) is 0 Å². The van der Waals surface area contributed by atoms with Gasteiger partial charge in [0.1, 0.15) is 6.10 Å². The summed E-state index contributed by atoms with van der Waals surface area (Å²) < 4.78 is 46.4. The van der Waals surface area contributed by atoms with Crippen molar-refractivity contribution in [3.8, 4) is 6.07 Å². The van der Waals surface area contributed by atoms with Gasteiger partial charge in [0.15, 0.2) is 6.23 Å². The summed E-state index contributed by atoms with van der Waals surface area (Å²) in [5, 5.41) is 14.4. The molecule has 3 N–H and O–H groups in total. The van der Waals surface area contributed by atoms with Gasteiger partial charge < -0.3 is 32.9 Å². The van der Waals surface area contributed by atoms with Crippen molar-refractivity contribution in [1.82, 2.24) is 20.0 Å². The number of hydrogen-bond donors (Lipinski definition) is 3. The van der Waals surface area contributed by atoms with Gasteiger partial charge in [-0.3, -0.25) is 24.0 Å². The van der Waals surface area contributed by atoms with Crippen molar-refractivity contribution in [1.29, 1.82) is 5.26 Å². The summed E-state index contributed by atoms with van der Waals surface area (Å²) in [6, 6.07) is 3.14. The first-order valence-corrected chi connectivity index (χ1v) is 13.4. The van der Waals surface area contributed by atoms with E-state index in [0.717, 1.165) is 4.57 Å². The molecule has 0 bridgehead atoms. The van der Waals surface area contributed by atoms with Gasteiger partial charge in [-0.1, -0.05) is 6.58 Å². The lowest BCUT2D eigenvalue weighted by Crippen LogP contribution is -2.37. The van der Waals surface area contributed by atoms with Crippen molar-refractivity contribution in [2.45, 2.75) is 18.8 Å². The SMILES string of the molecule is C=C(COC[C@@H](O[C@H](/C=C/P(=O)(OC)OC)COP(NC)OCCC#N)n1ccc(=O)[nH]c1=O)NC. The van der Waals surface area contributed by atoms with Gasteiger partial charge in [-0.2, -0.15) is 5.26 Å². The van der Waals surface area contributed by atoms with Gasteiger partial charge in [-0.25, -0.2) is 4.79 Å². The van der Waals surface area contributed by atoms with E-state index in [1.165, 1.54) is 38.4 Å². The predicted molar refractivity (Wildman–Crippen MR) is 133 cm³/mol. The number of rotatable bonds is 19. The van der Waals surface area contributed by atoms with Gasteiger partial charge in [0, 0.05) is 45.0 Å². The Hall–Kier alpha value is -2.17. The number of nitriles is 1. The minimum Gasteiger partial charge on any atom is -0.390 e. The van der Waals surface area contributed by atoms with E-state index in [9.17, 15) is 14.2 Å². The number of likely N-dealkylation sites (N-methyl/N-ethyl adjacent to an activating group) is 1. The number of H-pyrrole nitrogens is 1. The van der Waals surface area contributed by atoms with Crippen molar-refractivity contribution in [2.75, 3.05) is 54.7 Å². The van der Waals surface area contributed by atoms with Crippen LogP contribution in [0, 0.1) is 11.3 Å². The molecule has 36 heavy (non-hydrogen) atoms. The lowest BCUT2D eigenvalue weighted by molar-refractivity contribution is -0.0901. The van der Waals surface area contributed by atoms with Crippen LogP contribution < -0.4 is 21.7 Å². The highest BCUT2D eigenvalue weighted by atomic mass is 31.2. The van der Waals surface area contributed by atoms with Crippen molar-refractivity contribution in [2.24, 2.45) is 0 Å². The Bertz CT molecular complexity index is 1030. The fourth-order valence-corrected chi connectivity index (χ4v) is 4.08. The van der Waals surface area contributed by atoms with E-state index in [1.807, 2.05) is 6.07 Å². The van der Waals surface area contributed by atoms with Gasteiger partial charge in [-0.15, -0.1) is 0 Å². The maximum atomic E-state index is 12.5.